The monoisotopic (exact) mass is 489 g/mol. The van der Waals surface area contributed by atoms with Gasteiger partial charge in [-0.05, 0) is 12.5 Å². The predicted molar refractivity (Wildman–Crippen MR) is 135 cm³/mol. The largest absolute Gasteiger partial charge is 0.491 e. The number of carbonyl (C=O) groups excluding carboxylic acids is 2. The molecule has 6 bridgehead atoms. The van der Waals surface area contributed by atoms with Crippen molar-refractivity contribution in [2.75, 3.05) is 37.4 Å². The van der Waals surface area contributed by atoms with Gasteiger partial charge in [-0.2, -0.15) is 9.47 Å². The molecule has 2 N–H and O–H groups in total. The van der Waals surface area contributed by atoms with E-state index in [-0.39, 0.29) is 28.1 Å². The zero-order valence-electron chi connectivity index (χ0n) is 19.8. The fourth-order valence-corrected chi connectivity index (χ4v) is 4.44. The number of hydrogen-bond acceptors (Lipinski definition) is 7. The fraction of sp³-hybridized carbons (Fsp3) is 0.231. The van der Waals surface area contributed by atoms with Crippen molar-refractivity contribution in [3.63, 3.8) is 0 Å². The lowest BCUT2D eigenvalue weighted by molar-refractivity contribution is -0.128. The molecule has 184 valence electrons. The van der Waals surface area contributed by atoms with Crippen LogP contribution in [-0.4, -0.2) is 53.4 Å². The van der Waals surface area contributed by atoms with Gasteiger partial charge in [-0.15, -0.1) is 0 Å². The number of rotatable bonds is 5. The molecule has 0 spiro atoms. The smallest absolute Gasteiger partial charge is 0.347 e. The van der Waals surface area contributed by atoms with E-state index in [1.807, 2.05) is 6.07 Å². The normalized spacial score (nSPS) is 18.4. The highest BCUT2D eigenvalue weighted by atomic mass is 19.1. The maximum atomic E-state index is 14.5. The summed E-state index contributed by atoms with van der Waals surface area (Å²) in [5, 5.41) is 6.06. The highest BCUT2D eigenvalue weighted by Crippen LogP contribution is 2.40. The van der Waals surface area contributed by atoms with Gasteiger partial charge in [-0.25, -0.2) is 14.2 Å². The Labute approximate surface area is 207 Å². The highest BCUT2D eigenvalue weighted by molar-refractivity contribution is 6.02. The molecule has 3 aromatic rings. The maximum absolute atomic E-state index is 14.5. The lowest BCUT2D eigenvalue weighted by Gasteiger charge is -2.31. The van der Waals surface area contributed by atoms with Crippen molar-refractivity contribution in [1.82, 2.24) is 19.4 Å². The van der Waals surface area contributed by atoms with Crippen LogP contribution in [0.5, 0.6) is 5.75 Å². The van der Waals surface area contributed by atoms with Crippen LogP contribution < -0.4 is 19.9 Å². The van der Waals surface area contributed by atoms with Crippen molar-refractivity contribution < 1.29 is 18.7 Å². The second-order valence-corrected chi connectivity index (χ2v) is 8.79. The molecule has 10 heteroatoms. The number of amides is 2. The van der Waals surface area contributed by atoms with Gasteiger partial charge in [-0.1, -0.05) is 12.6 Å². The Balaban J connectivity index is 1.60. The third kappa shape index (κ3) is 4.38. The van der Waals surface area contributed by atoms with E-state index >= 15 is 0 Å². The molecule has 0 aliphatic carbocycles. The minimum Gasteiger partial charge on any atom is -0.491 e. The standard InChI is InChI=1S/C26H26FN6O3/c1-3-24(35)33(2)19-7-4-6-17(12-19)29-25-22(27)16-28-26(31-25)30-18-13-20(33)15-21(14-18)36-11-10-32-9-5-8-23(32)34/h3-4,6-7,12-16H,1,5,8-11H2,2H3,(H2,28,29,30,31)/q+1. The molecule has 2 amide bonds. The molecule has 5 rings (SSSR count). The molecular formula is C26H26FN6O3+. The van der Waals surface area contributed by atoms with Gasteiger partial charge in [-0.3, -0.25) is 4.79 Å². The molecule has 0 radical (unpaired) electrons. The molecule has 3 heterocycles. The zero-order valence-corrected chi connectivity index (χ0v) is 19.8. The molecule has 0 saturated carbocycles. The molecule has 2 aromatic carbocycles. The lowest BCUT2D eigenvalue weighted by Crippen LogP contribution is -2.44. The average molecular weight is 490 g/mol. The van der Waals surface area contributed by atoms with Crippen LogP contribution in [0.25, 0.3) is 0 Å². The van der Waals surface area contributed by atoms with Gasteiger partial charge in [0.05, 0.1) is 25.5 Å². The summed E-state index contributed by atoms with van der Waals surface area (Å²) in [5.74, 6) is -0.0881. The summed E-state index contributed by atoms with van der Waals surface area (Å²) < 4.78 is 20.3. The van der Waals surface area contributed by atoms with Gasteiger partial charge in [0.25, 0.3) is 0 Å². The Morgan fingerprint density at radius 1 is 1.22 bits per heavy atom. The molecule has 9 nitrogen and oxygen atoms in total. The molecule has 1 aromatic heterocycles. The van der Waals surface area contributed by atoms with Crippen LogP contribution in [0.3, 0.4) is 0 Å². The van der Waals surface area contributed by atoms with Crippen LogP contribution in [0, 0.1) is 5.82 Å². The van der Waals surface area contributed by atoms with E-state index in [0.717, 1.165) is 19.2 Å². The number of quaternary nitrogens is 1. The minimum absolute atomic E-state index is 0.00242. The van der Waals surface area contributed by atoms with E-state index < -0.39 is 5.82 Å². The van der Waals surface area contributed by atoms with E-state index in [9.17, 15) is 14.0 Å². The summed E-state index contributed by atoms with van der Waals surface area (Å²) in [4.78, 5) is 35.4. The van der Waals surface area contributed by atoms with Gasteiger partial charge in [0.15, 0.2) is 17.3 Å². The number of nitrogens with one attached hydrogen (secondary N) is 2. The van der Waals surface area contributed by atoms with E-state index in [4.69, 9.17) is 4.74 Å². The first kappa shape index (κ1) is 23.4. The first-order chi connectivity index (χ1) is 17.4. The molecule has 1 fully saturated rings. The molecular weight excluding hydrogens is 463 g/mol. The van der Waals surface area contributed by atoms with Crippen molar-refractivity contribution in [1.29, 1.82) is 0 Å². The van der Waals surface area contributed by atoms with E-state index in [1.54, 1.807) is 48.3 Å². The summed E-state index contributed by atoms with van der Waals surface area (Å²) in [5.41, 5.74) is 2.35. The Morgan fingerprint density at radius 3 is 2.83 bits per heavy atom. The van der Waals surface area contributed by atoms with E-state index in [0.29, 0.717) is 48.1 Å². The molecule has 1 atom stereocenters. The van der Waals surface area contributed by atoms with E-state index in [2.05, 4.69) is 27.2 Å². The van der Waals surface area contributed by atoms with Crippen molar-refractivity contribution in [2.45, 2.75) is 12.8 Å². The Hall–Kier alpha value is -4.31. The van der Waals surface area contributed by atoms with Crippen LogP contribution in [0.2, 0.25) is 0 Å². The van der Waals surface area contributed by atoms with Gasteiger partial charge >= 0.3 is 5.91 Å². The fourth-order valence-electron chi connectivity index (χ4n) is 4.44. The summed E-state index contributed by atoms with van der Waals surface area (Å²) in [6.45, 7) is 5.21. The quantitative estimate of drug-likeness (QED) is 0.405. The molecule has 36 heavy (non-hydrogen) atoms. The predicted octanol–water partition coefficient (Wildman–Crippen LogP) is 4.40. The topological polar surface area (TPSA) is 96.4 Å². The van der Waals surface area contributed by atoms with Crippen LogP contribution in [-0.2, 0) is 9.59 Å². The number of nitrogens with zero attached hydrogens (tertiary/aromatic N) is 4. The summed E-state index contributed by atoms with van der Waals surface area (Å²) in [6.07, 6.45) is 3.78. The lowest BCUT2D eigenvalue weighted by atomic mass is 10.1. The number of likely N-dealkylation sites (N-methyl/N-ethyl adjacent to an activating group) is 1. The van der Waals surface area contributed by atoms with Gasteiger partial charge in [0.2, 0.25) is 11.9 Å². The summed E-state index contributed by atoms with van der Waals surface area (Å²) >= 11 is 0. The van der Waals surface area contributed by atoms with Gasteiger partial charge < -0.3 is 20.3 Å². The van der Waals surface area contributed by atoms with Crippen molar-refractivity contribution in [2.24, 2.45) is 0 Å². The average Bonchev–Trinajstić information content (AvgIpc) is 3.29. The summed E-state index contributed by atoms with van der Waals surface area (Å²) in [6, 6.07) is 12.5. The second kappa shape index (κ2) is 9.38. The number of likely N-dealkylation sites (tertiary alicyclic amines) is 1. The van der Waals surface area contributed by atoms with Crippen molar-refractivity contribution in [3.05, 3.63) is 67.1 Å². The SMILES string of the molecule is C=CC(=O)[N+]1(C)c2cccc(c2)Nc2nc(ncc2F)Nc2cc(OCCN3CCCC3=O)cc1c2. The molecule has 2 aliphatic rings. The van der Waals surface area contributed by atoms with Crippen molar-refractivity contribution >= 4 is 46.3 Å². The van der Waals surface area contributed by atoms with Crippen LogP contribution in [0.4, 0.5) is 38.9 Å². The van der Waals surface area contributed by atoms with Gasteiger partial charge in [0, 0.05) is 55.1 Å². The number of hydrogen-bond donors (Lipinski definition) is 2. The number of ether oxygens (including phenoxy) is 1. The van der Waals surface area contributed by atoms with Gasteiger partial charge in [0.1, 0.15) is 18.0 Å². The Kier molecular flexibility index (Phi) is 6.11. The molecule has 1 saturated heterocycles. The molecule has 1 unspecified atom stereocenters. The van der Waals surface area contributed by atoms with E-state index in [1.165, 1.54) is 6.08 Å². The number of benzene rings is 2. The highest BCUT2D eigenvalue weighted by Gasteiger charge is 2.37. The first-order valence-electron chi connectivity index (χ1n) is 11.6. The van der Waals surface area contributed by atoms with Crippen LogP contribution in [0.1, 0.15) is 12.8 Å². The third-order valence-corrected chi connectivity index (χ3v) is 6.45. The maximum Gasteiger partial charge on any atom is 0.347 e. The Bertz CT molecular complexity index is 1360. The zero-order chi connectivity index (χ0) is 25.3. The number of halogens is 1. The summed E-state index contributed by atoms with van der Waals surface area (Å²) in [7, 11) is 1.76. The number of carbonyl (C=O) groups is 2. The Morgan fingerprint density at radius 2 is 2.06 bits per heavy atom. The molecule has 2 aliphatic heterocycles. The minimum atomic E-state index is -0.614. The number of anilines is 4. The number of aromatic nitrogens is 2. The van der Waals surface area contributed by atoms with Crippen molar-refractivity contribution in [3.8, 4) is 5.75 Å². The second-order valence-electron chi connectivity index (χ2n) is 8.79. The third-order valence-electron chi connectivity index (χ3n) is 6.45. The van der Waals surface area contributed by atoms with Crippen LogP contribution >= 0.6 is 0 Å². The number of fused-ring (bicyclic) bond motifs is 6. The first-order valence-corrected chi connectivity index (χ1v) is 11.6. The van der Waals surface area contributed by atoms with Crippen LogP contribution in [0.15, 0.2) is 61.3 Å².